The first-order valence-corrected chi connectivity index (χ1v) is 10.3. The number of alkyl halides is 2. The molecule has 9 nitrogen and oxygen atoms in total. The van der Waals surface area contributed by atoms with Gasteiger partial charge in [0.2, 0.25) is 5.95 Å². The van der Waals surface area contributed by atoms with E-state index in [-0.39, 0.29) is 29.4 Å². The second-order valence-corrected chi connectivity index (χ2v) is 7.77. The molecule has 1 aromatic heterocycles. The molecule has 3 N–H and O–H groups in total. The Balaban J connectivity index is 1.68. The minimum absolute atomic E-state index is 0.128. The summed E-state index contributed by atoms with van der Waals surface area (Å²) in [6.45, 7) is -0.739. The second kappa shape index (κ2) is 8.56. The van der Waals surface area contributed by atoms with Crippen LogP contribution in [0.1, 0.15) is 36.0 Å². The molecule has 1 aliphatic heterocycles. The number of hydrogen-bond donors (Lipinski definition) is 3. The number of aromatic nitrogens is 2. The molecule has 170 valence electrons. The maximum atomic E-state index is 14.4. The predicted molar refractivity (Wildman–Crippen MR) is 115 cm³/mol. The van der Waals surface area contributed by atoms with Crippen molar-refractivity contribution in [2.45, 2.75) is 37.6 Å². The first kappa shape index (κ1) is 21.7. The van der Waals surface area contributed by atoms with Crippen LogP contribution in [0, 0.1) is 0 Å². The van der Waals surface area contributed by atoms with E-state index < -0.39 is 18.4 Å². The molecule has 1 aromatic carbocycles. The van der Waals surface area contributed by atoms with Crippen molar-refractivity contribution in [3.05, 3.63) is 30.0 Å². The molecule has 0 atom stereocenters. The zero-order valence-corrected chi connectivity index (χ0v) is 17.7. The monoisotopic (exact) mass is 446 g/mol. The number of hydrogen-bond acceptors (Lipinski definition) is 7. The highest BCUT2D eigenvalue weighted by Gasteiger charge is 2.46. The van der Waals surface area contributed by atoms with Gasteiger partial charge in [-0.3, -0.25) is 9.59 Å². The maximum absolute atomic E-state index is 14.4. The number of fused-ring (bicyclic) bond motifs is 1. The average Bonchev–Trinajstić information content (AvgIpc) is 3.30. The Hall–Kier alpha value is -3.50. The summed E-state index contributed by atoms with van der Waals surface area (Å²) in [4.78, 5) is 34.0. The normalized spacial score (nSPS) is 17.9. The van der Waals surface area contributed by atoms with Gasteiger partial charge in [0.25, 0.3) is 11.8 Å². The number of carbonyl (C=O) groups is 2. The first-order valence-electron chi connectivity index (χ1n) is 10.3. The van der Waals surface area contributed by atoms with Gasteiger partial charge in [0, 0.05) is 18.7 Å². The van der Waals surface area contributed by atoms with E-state index in [1.54, 1.807) is 18.2 Å². The Labute approximate surface area is 183 Å². The van der Waals surface area contributed by atoms with Gasteiger partial charge in [-0.05, 0) is 31.0 Å². The van der Waals surface area contributed by atoms with Crippen molar-refractivity contribution in [2.24, 2.45) is 0 Å². The molecule has 1 fully saturated rings. The number of ether oxygens (including phenoxy) is 1. The van der Waals surface area contributed by atoms with E-state index in [1.807, 2.05) is 0 Å². The highest BCUT2D eigenvalue weighted by Crippen LogP contribution is 2.38. The van der Waals surface area contributed by atoms with Crippen LogP contribution in [0.25, 0.3) is 0 Å². The van der Waals surface area contributed by atoms with E-state index in [4.69, 9.17) is 4.74 Å². The summed E-state index contributed by atoms with van der Waals surface area (Å²) in [6, 6.07) is 4.69. The lowest BCUT2D eigenvalue weighted by atomic mass is 10.1. The van der Waals surface area contributed by atoms with Gasteiger partial charge in [-0.1, -0.05) is 12.8 Å². The van der Waals surface area contributed by atoms with Gasteiger partial charge >= 0.3 is 5.92 Å². The van der Waals surface area contributed by atoms with Crippen molar-refractivity contribution >= 4 is 35.0 Å². The lowest BCUT2D eigenvalue weighted by Gasteiger charge is -2.31. The van der Waals surface area contributed by atoms with Gasteiger partial charge < -0.3 is 25.6 Å². The highest BCUT2D eigenvalue weighted by molar-refractivity contribution is 6.00. The Morgan fingerprint density at radius 2 is 2.06 bits per heavy atom. The number of nitrogens with one attached hydrogen (secondary N) is 3. The summed E-state index contributed by atoms with van der Waals surface area (Å²) in [7, 11) is 2.99. The van der Waals surface area contributed by atoms with Gasteiger partial charge in [0.15, 0.2) is 5.82 Å². The third-order valence-electron chi connectivity index (χ3n) is 5.69. The number of rotatable bonds is 5. The van der Waals surface area contributed by atoms with Gasteiger partial charge in [-0.2, -0.15) is 13.8 Å². The molecule has 0 radical (unpaired) electrons. The van der Waals surface area contributed by atoms with Crippen molar-refractivity contribution < 1.29 is 23.1 Å². The Morgan fingerprint density at radius 3 is 2.75 bits per heavy atom. The van der Waals surface area contributed by atoms with E-state index in [0.717, 1.165) is 25.7 Å². The zero-order valence-electron chi connectivity index (χ0n) is 17.7. The van der Waals surface area contributed by atoms with Crippen LogP contribution in [-0.4, -0.2) is 54.4 Å². The Kier molecular flexibility index (Phi) is 5.81. The molecule has 1 aliphatic carbocycles. The predicted octanol–water partition coefficient (Wildman–Crippen LogP) is 2.92. The summed E-state index contributed by atoms with van der Waals surface area (Å²) in [6.07, 6.45) is 4.71. The lowest BCUT2D eigenvalue weighted by molar-refractivity contribution is -0.138. The molecular formula is C21H24F2N6O3. The number of amides is 2. The zero-order chi connectivity index (χ0) is 22.9. The van der Waals surface area contributed by atoms with Gasteiger partial charge in [0.05, 0.1) is 25.5 Å². The Bertz CT molecular complexity index is 1040. The van der Waals surface area contributed by atoms with Crippen LogP contribution in [0.2, 0.25) is 0 Å². The SMILES string of the molecule is CNC(=O)c1ccc(Nc2ncc3c(n2)N(C2CCCC2)CC(F)(F)C(=O)N3)c(OC)c1. The van der Waals surface area contributed by atoms with Gasteiger partial charge in [-0.25, -0.2) is 4.98 Å². The quantitative estimate of drug-likeness (QED) is 0.648. The number of halogens is 2. The van der Waals surface area contributed by atoms with Crippen molar-refractivity contribution in [1.82, 2.24) is 15.3 Å². The summed E-state index contributed by atoms with van der Waals surface area (Å²) in [5.74, 6) is -4.39. The summed E-state index contributed by atoms with van der Waals surface area (Å²) < 4.78 is 34.2. The molecule has 2 aliphatic rings. The van der Waals surface area contributed by atoms with Crippen LogP contribution in [0.4, 0.5) is 31.9 Å². The number of benzene rings is 1. The van der Waals surface area contributed by atoms with E-state index >= 15 is 0 Å². The molecule has 32 heavy (non-hydrogen) atoms. The summed E-state index contributed by atoms with van der Waals surface area (Å²) in [5.41, 5.74) is 1.05. The van der Waals surface area contributed by atoms with E-state index in [2.05, 4.69) is 25.9 Å². The van der Waals surface area contributed by atoms with E-state index in [1.165, 1.54) is 25.3 Å². The van der Waals surface area contributed by atoms with Crippen LogP contribution in [0.15, 0.2) is 24.4 Å². The molecular weight excluding hydrogens is 422 g/mol. The maximum Gasteiger partial charge on any atom is 0.341 e. The smallest absolute Gasteiger partial charge is 0.341 e. The molecule has 2 amide bonds. The largest absolute Gasteiger partial charge is 0.495 e. The number of methoxy groups -OCH3 is 1. The minimum Gasteiger partial charge on any atom is -0.495 e. The van der Waals surface area contributed by atoms with Crippen LogP contribution >= 0.6 is 0 Å². The molecule has 11 heteroatoms. The van der Waals surface area contributed by atoms with Crippen LogP contribution in [0.3, 0.4) is 0 Å². The standard InChI is InChI=1S/C21H24F2N6O3/c1-24-18(30)12-7-8-14(16(9-12)32-2)27-20-25-10-15-17(28-20)29(13-5-3-4-6-13)11-21(22,23)19(31)26-15/h7-10,13H,3-6,11H2,1-2H3,(H,24,30)(H,26,31)(H,25,27,28). The molecule has 0 bridgehead atoms. The summed E-state index contributed by atoms with van der Waals surface area (Å²) in [5, 5.41) is 7.81. The molecule has 4 rings (SSSR count). The van der Waals surface area contributed by atoms with Gasteiger partial charge in [-0.15, -0.1) is 0 Å². The third kappa shape index (κ3) is 4.14. The van der Waals surface area contributed by atoms with Crippen molar-refractivity contribution in [2.75, 3.05) is 36.2 Å². The van der Waals surface area contributed by atoms with Gasteiger partial charge in [0.1, 0.15) is 11.4 Å². The second-order valence-electron chi connectivity index (χ2n) is 7.77. The number of nitrogens with zero attached hydrogens (tertiary/aromatic N) is 3. The Morgan fingerprint density at radius 1 is 1.31 bits per heavy atom. The third-order valence-corrected chi connectivity index (χ3v) is 5.69. The molecule has 0 spiro atoms. The molecule has 2 heterocycles. The number of anilines is 4. The highest BCUT2D eigenvalue weighted by atomic mass is 19.3. The fraction of sp³-hybridized carbons (Fsp3) is 0.429. The fourth-order valence-corrected chi connectivity index (χ4v) is 4.03. The molecule has 0 unspecified atom stereocenters. The molecule has 0 saturated heterocycles. The van der Waals surface area contributed by atoms with Crippen molar-refractivity contribution in [3.63, 3.8) is 0 Å². The summed E-state index contributed by atoms with van der Waals surface area (Å²) >= 11 is 0. The first-order chi connectivity index (χ1) is 15.3. The number of carbonyl (C=O) groups excluding carboxylic acids is 2. The molecule has 1 saturated carbocycles. The topological polar surface area (TPSA) is 108 Å². The van der Waals surface area contributed by atoms with Crippen molar-refractivity contribution in [1.29, 1.82) is 0 Å². The van der Waals surface area contributed by atoms with E-state index in [0.29, 0.717) is 17.0 Å². The average molecular weight is 446 g/mol. The lowest BCUT2D eigenvalue weighted by Crippen LogP contribution is -2.46. The molecule has 2 aromatic rings. The van der Waals surface area contributed by atoms with Crippen LogP contribution in [-0.2, 0) is 4.79 Å². The minimum atomic E-state index is -3.55. The fourth-order valence-electron chi connectivity index (χ4n) is 4.03. The van der Waals surface area contributed by atoms with Crippen LogP contribution in [0.5, 0.6) is 5.75 Å². The van der Waals surface area contributed by atoms with Crippen LogP contribution < -0.4 is 25.6 Å². The van der Waals surface area contributed by atoms with Crippen molar-refractivity contribution in [3.8, 4) is 5.75 Å². The van der Waals surface area contributed by atoms with E-state index in [9.17, 15) is 18.4 Å².